The lowest BCUT2D eigenvalue weighted by Crippen LogP contribution is -2.11. The van der Waals surface area contributed by atoms with E-state index in [0.717, 1.165) is 28.1 Å². The number of terminal acetylenes is 1. The second-order valence-corrected chi connectivity index (χ2v) is 6.46. The number of hydrogen-bond donors (Lipinski definition) is 0. The number of carbonyl (C=O) groups is 1. The number of rotatable bonds is 3. The van der Waals surface area contributed by atoms with Gasteiger partial charge in [-0.1, -0.05) is 36.3 Å². The highest BCUT2D eigenvalue weighted by Gasteiger charge is 2.29. The van der Waals surface area contributed by atoms with Crippen LogP contribution in [0.15, 0.2) is 59.9 Å². The van der Waals surface area contributed by atoms with Gasteiger partial charge in [0.05, 0.1) is 29.7 Å². The number of hydrogen-bond acceptors (Lipinski definition) is 4. The van der Waals surface area contributed by atoms with Gasteiger partial charge >= 0.3 is 5.97 Å². The Labute approximate surface area is 163 Å². The van der Waals surface area contributed by atoms with Crippen LogP contribution in [0, 0.1) is 12.3 Å². The lowest BCUT2D eigenvalue weighted by atomic mass is 9.98. The van der Waals surface area contributed by atoms with Crippen molar-refractivity contribution in [3.05, 3.63) is 82.9 Å². The Hall–Kier alpha value is -3.65. The molecule has 0 spiro atoms. The summed E-state index contributed by atoms with van der Waals surface area (Å²) in [5, 5.41) is 0. The summed E-state index contributed by atoms with van der Waals surface area (Å²) in [5.74, 6) is 2.25. The summed E-state index contributed by atoms with van der Waals surface area (Å²) in [6, 6.07) is 15.4. The van der Waals surface area contributed by atoms with E-state index in [1.54, 1.807) is 13.3 Å². The van der Waals surface area contributed by atoms with E-state index < -0.39 is 5.97 Å². The van der Waals surface area contributed by atoms with E-state index in [4.69, 9.17) is 16.2 Å². The summed E-state index contributed by atoms with van der Waals surface area (Å²) in [5.41, 5.74) is 5.37. The molecule has 5 nitrogen and oxygen atoms in total. The van der Waals surface area contributed by atoms with Crippen LogP contribution < -0.4 is 0 Å². The molecular weight excluding hydrogens is 350 g/mol. The topological polar surface area (TPSA) is 56.5 Å². The summed E-state index contributed by atoms with van der Waals surface area (Å²) in [4.78, 5) is 21.7. The van der Waals surface area contributed by atoms with Gasteiger partial charge in [-0.15, -0.1) is 6.42 Å². The predicted octanol–water partition coefficient (Wildman–Crippen LogP) is 3.94. The Morgan fingerprint density at radius 3 is 2.75 bits per heavy atom. The fraction of sp³-hybridized carbons (Fsp3) is 0.174. The number of imidazole rings is 1. The highest BCUT2D eigenvalue weighted by molar-refractivity contribution is 6.15. The molecule has 138 valence electrons. The van der Waals surface area contributed by atoms with Crippen molar-refractivity contribution in [3.8, 4) is 18.0 Å². The molecule has 0 fully saturated rings. The predicted molar refractivity (Wildman–Crippen MR) is 108 cm³/mol. The monoisotopic (exact) mass is 369 g/mol. The van der Waals surface area contributed by atoms with Crippen LogP contribution in [0.5, 0.6) is 0 Å². The van der Waals surface area contributed by atoms with Crippen molar-refractivity contribution >= 4 is 11.7 Å². The molecule has 28 heavy (non-hydrogen) atoms. The molecule has 4 rings (SSSR count). The van der Waals surface area contributed by atoms with Crippen molar-refractivity contribution in [1.29, 1.82) is 0 Å². The molecule has 0 unspecified atom stereocenters. The third-order valence-electron chi connectivity index (χ3n) is 4.72. The normalized spacial score (nSPS) is 14.9. The minimum atomic E-state index is -0.441. The zero-order valence-corrected chi connectivity index (χ0v) is 15.7. The van der Waals surface area contributed by atoms with E-state index in [2.05, 4.69) is 10.9 Å². The van der Waals surface area contributed by atoms with Crippen molar-refractivity contribution in [2.45, 2.75) is 19.9 Å². The molecule has 0 saturated heterocycles. The third kappa shape index (κ3) is 2.89. The first-order chi connectivity index (χ1) is 13.6. The van der Waals surface area contributed by atoms with Crippen LogP contribution in [0.4, 0.5) is 0 Å². The lowest BCUT2D eigenvalue weighted by Gasteiger charge is -2.12. The molecule has 1 aliphatic heterocycles. The number of benzene rings is 2. The van der Waals surface area contributed by atoms with E-state index in [-0.39, 0.29) is 6.04 Å². The maximum absolute atomic E-state index is 12.4. The molecule has 5 heteroatoms. The number of fused-ring (bicyclic) bond motifs is 3. The van der Waals surface area contributed by atoms with E-state index in [0.29, 0.717) is 18.0 Å². The molecule has 1 atom stereocenters. The smallest absolute Gasteiger partial charge is 0.358 e. The first-order valence-corrected chi connectivity index (χ1v) is 9.13. The Morgan fingerprint density at radius 1 is 1.25 bits per heavy atom. The van der Waals surface area contributed by atoms with Crippen LogP contribution in [-0.2, 0) is 4.74 Å². The minimum Gasteiger partial charge on any atom is -0.461 e. The molecular formula is C23H19N3O2. The molecule has 0 radical (unpaired) electrons. The molecule has 0 aliphatic carbocycles. The zero-order chi connectivity index (χ0) is 19.7. The van der Waals surface area contributed by atoms with Crippen molar-refractivity contribution < 1.29 is 9.53 Å². The molecule has 2 aromatic carbocycles. The van der Waals surface area contributed by atoms with Crippen molar-refractivity contribution in [2.75, 3.05) is 6.61 Å². The van der Waals surface area contributed by atoms with Gasteiger partial charge in [0.1, 0.15) is 6.33 Å². The molecule has 0 bridgehead atoms. The first-order valence-electron chi connectivity index (χ1n) is 9.13. The number of aromatic nitrogens is 2. The number of ether oxygens (including phenoxy) is 1. The van der Waals surface area contributed by atoms with Crippen LogP contribution in [-0.4, -0.2) is 27.8 Å². The number of carbonyl (C=O) groups excluding carboxylic acids is 1. The van der Waals surface area contributed by atoms with Crippen molar-refractivity contribution in [2.24, 2.45) is 4.99 Å². The summed E-state index contributed by atoms with van der Waals surface area (Å²) in [6.07, 6.45) is 7.28. The van der Waals surface area contributed by atoms with Gasteiger partial charge in [-0.3, -0.25) is 9.56 Å². The maximum Gasteiger partial charge on any atom is 0.358 e. The highest BCUT2D eigenvalue weighted by Crippen LogP contribution is 2.33. The largest absolute Gasteiger partial charge is 0.461 e. The Balaban J connectivity index is 1.99. The van der Waals surface area contributed by atoms with E-state index >= 15 is 0 Å². The Bertz CT molecular complexity index is 1120. The Kier molecular flexibility index (Phi) is 4.54. The lowest BCUT2D eigenvalue weighted by molar-refractivity contribution is 0.0518. The summed E-state index contributed by atoms with van der Waals surface area (Å²) < 4.78 is 7.10. The van der Waals surface area contributed by atoms with E-state index in [1.165, 1.54) is 0 Å². The molecule has 1 aromatic heterocycles. The van der Waals surface area contributed by atoms with Gasteiger partial charge < -0.3 is 4.74 Å². The van der Waals surface area contributed by atoms with Gasteiger partial charge in [0.25, 0.3) is 0 Å². The minimum absolute atomic E-state index is 0.291. The number of esters is 1. The van der Waals surface area contributed by atoms with Gasteiger partial charge in [-0.05, 0) is 32.0 Å². The summed E-state index contributed by atoms with van der Waals surface area (Å²) in [7, 11) is 0. The SMILES string of the molecule is C#Cc1ccc2c(c1)C(c1ccccc1)=N[C@@H](C)c1c(C(=O)OCC)ncn1-2. The summed E-state index contributed by atoms with van der Waals surface area (Å²) >= 11 is 0. The number of nitrogens with zero attached hydrogens (tertiary/aromatic N) is 3. The average molecular weight is 369 g/mol. The highest BCUT2D eigenvalue weighted by atomic mass is 16.5. The van der Waals surface area contributed by atoms with Crippen LogP contribution in [0.1, 0.15) is 52.8 Å². The quantitative estimate of drug-likeness (QED) is 0.519. The molecule has 0 N–H and O–H groups in total. The Morgan fingerprint density at radius 2 is 2.04 bits per heavy atom. The van der Waals surface area contributed by atoms with Gasteiger partial charge in [-0.25, -0.2) is 9.78 Å². The molecule has 1 aliphatic rings. The standard InChI is InChI=1S/C23H19N3O2/c1-4-16-11-12-19-18(13-16)20(17-9-7-6-8-10-17)25-15(3)22-21(23(27)28-5-2)24-14-26(19)22/h1,6-15H,5H2,2-3H3/t15-/m0/s1. The van der Waals surface area contributed by atoms with Gasteiger partial charge in [0.15, 0.2) is 5.69 Å². The fourth-order valence-electron chi connectivity index (χ4n) is 3.48. The van der Waals surface area contributed by atoms with Crippen LogP contribution >= 0.6 is 0 Å². The molecule has 3 aromatic rings. The van der Waals surface area contributed by atoms with Gasteiger partial charge in [0, 0.05) is 16.7 Å². The maximum atomic E-state index is 12.4. The average Bonchev–Trinajstić information content (AvgIpc) is 3.13. The second-order valence-electron chi connectivity index (χ2n) is 6.46. The first kappa shape index (κ1) is 17.7. The fourth-order valence-corrected chi connectivity index (χ4v) is 3.48. The van der Waals surface area contributed by atoms with Crippen LogP contribution in [0.2, 0.25) is 0 Å². The molecule has 2 heterocycles. The van der Waals surface area contributed by atoms with Crippen LogP contribution in [0.25, 0.3) is 5.69 Å². The van der Waals surface area contributed by atoms with Crippen LogP contribution in [0.3, 0.4) is 0 Å². The molecule has 0 saturated carbocycles. The van der Waals surface area contributed by atoms with E-state index in [9.17, 15) is 4.79 Å². The third-order valence-corrected chi connectivity index (χ3v) is 4.72. The van der Waals surface area contributed by atoms with E-state index in [1.807, 2.05) is 60.0 Å². The summed E-state index contributed by atoms with van der Waals surface area (Å²) in [6.45, 7) is 4.02. The van der Waals surface area contributed by atoms with Gasteiger partial charge in [-0.2, -0.15) is 0 Å². The zero-order valence-electron chi connectivity index (χ0n) is 15.7. The number of aliphatic imine (C=N–C) groups is 1. The van der Waals surface area contributed by atoms with Gasteiger partial charge in [0.2, 0.25) is 0 Å². The molecule has 0 amide bonds. The van der Waals surface area contributed by atoms with Crippen molar-refractivity contribution in [3.63, 3.8) is 0 Å². The van der Waals surface area contributed by atoms with Crippen molar-refractivity contribution in [1.82, 2.24) is 9.55 Å². The second kappa shape index (κ2) is 7.16.